The molecule has 66 valence electrons. The second-order valence-electron chi connectivity index (χ2n) is 2.66. The quantitative estimate of drug-likeness (QED) is 0.646. The lowest BCUT2D eigenvalue weighted by molar-refractivity contribution is 1.06. The third kappa shape index (κ3) is 1.79. The number of rotatable bonds is 2. The fraction of sp³-hybridized carbons (Fsp3) is 0. The highest BCUT2D eigenvalue weighted by atomic mass is 16.1. The Morgan fingerprint density at radius 3 is 2.46 bits per heavy atom. The van der Waals surface area contributed by atoms with Crippen LogP contribution >= 0.6 is 0 Å². The van der Waals surface area contributed by atoms with Crippen molar-refractivity contribution in [2.24, 2.45) is 0 Å². The van der Waals surface area contributed by atoms with Gasteiger partial charge in [0.15, 0.2) is 0 Å². The number of H-pyrrole nitrogens is 2. The van der Waals surface area contributed by atoms with Crippen molar-refractivity contribution in [1.82, 2.24) is 10.2 Å². The third-order valence-electron chi connectivity index (χ3n) is 1.65. The number of para-hydroxylation sites is 1. The molecule has 0 aliphatic heterocycles. The van der Waals surface area contributed by atoms with E-state index < -0.39 is 0 Å². The summed E-state index contributed by atoms with van der Waals surface area (Å²) in [5.41, 5.74) is 0.802. The lowest BCUT2D eigenvalue weighted by Gasteiger charge is -2.00. The topological polar surface area (TPSA) is 60.7 Å². The van der Waals surface area contributed by atoms with E-state index in [-0.39, 0.29) is 5.56 Å². The van der Waals surface area contributed by atoms with Crippen molar-refractivity contribution in [3.05, 3.63) is 46.8 Å². The van der Waals surface area contributed by atoms with Crippen molar-refractivity contribution >= 4 is 11.5 Å². The molecule has 2 aromatic rings. The van der Waals surface area contributed by atoms with Crippen LogP contribution in [0.3, 0.4) is 0 Å². The Kier molecular flexibility index (Phi) is 1.88. The Bertz CT molecular complexity index is 429. The van der Waals surface area contributed by atoms with Crippen molar-refractivity contribution in [3.8, 4) is 0 Å². The van der Waals surface area contributed by atoms with Gasteiger partial charge in [0, 0.05) is 11.8 Å². The van der Waals surface area contributed by atoms with Crippen LogP contribution in [0.25, 0.3) is 0 Å². The van der Waals surface area contributed by atoms with E-state index in [9.17, 15) is 4.79 Å². The van der Waals surface area contributed by atoms with Gasteiger partial charge in [0.05, 0.1) is 0 Å². The molecule has 0 unspecified atom stereocenters. The zero-order chi connectivity index (χ0) is 9.10. The van der Waals surface area contributed by atoms with E-state index in [1.807, 2.05) is 30.3 Å². The van der Waals surface area contributed by atoms with E-state index in [1.165, 1.54) is 6.07 Å². The van der Waals surface area contributed by atoms with Crippen LogP contribution < -0.4 is 10.9 Å². The number of aromatic nitrogens is 2. The van der Waals surface area contributed by atoms with E-state index in [4.69, 9.17) is 0 Å². The predicted octanol–water partition coefficient (Wildman–Crippen LogP) is 1.45. The van der Waals surface area contributed by atoms with Crippen LogP contribution in [0.5, 0.6) is 0 Å². The maximum absolute atomic E-state index is 10.8. The summed E-state index contributed by atoms with van der Waals surface area (Å²) in [6.07, 6.45) is 0. The molecule has 2 rings (SSSR count). The summed E-state index contributed by atoms with van der Waals surface area (Å²) in [6.45, 7) is 0. The molecule has 0 atom stereocenters. The van der Waals surface area contributed by atoms with Gasteiger partial charge in [-0.15, -0.1) is 0 Å². The molecular formula is C9H9N3O. The first-order chi connectivity index (χ1) is 6.34. The summed E-state index contributed by atoms with van der Waals surface area (Å²) < 4.78 is 0. The molecule has 0 saturated carbocycles. The van der Waals surface area contributed by atoms with Gasteiger partial charge in [-0.1, -0.05) is 18.2 Å². The number of hydrogen-bond donors (Lipinski definition) is 3. The van der Waals surface area contributed by atoms with Gasteiger partial charge in [-0.25, -0.2) is 0 Å². The molecule has 0 radical (unpaired) electrons. The molecule has 3 N–H and O–H groups in total. The molecular weight excluding hydrogens is 166 g/mol. The molecule has 0 spiro atoms. The van der Waals surface area contributed by atoms with Crippen LogP contribution in [-0.4, -0.2) is 10.2 Å². The van der Waals surface area contributed by atoms with Gasteiger partial charge in [0.25, 0.3) is 5.56 Å². The molecule has 0 saturated heterocycles. The first-order valence-electron chi connectivity index (χ1n) is 3.94. The molecule has 0 amide bonds. The van der Waals surface area contributed by atoms with Crippen LogP contribution in [0, 0.1) is 0 Å². The van der Waals surface area contributed by atoms with Gasteiger partial charge in [0.2, 0.25) is 0 Å². The highest BCUT2D eigenvalue weighted by Gasteiger charge is 1.94. The number of hydrogen-bond acceptors (Lipinski definition) is 2. The van der Waals surface area contributed by atoms with Crippen LogP contribution in [0.4, 0.5) is 11.5 Å². The summed E-state index contributed by atoms with van der Waals surface area (Å²) in [6, 6.07) is 11.1. The minimum absolute atomic E-state index is 0.140. The SMILES string of the molecule is O=c1cc(Nc2ccccc2)[nH][nH]1. The van der Waals surface area contributed by atoms with E-state index in [0.717, 1.165) is 5.69 Å². The monoisotopic (exact) mass is 175 g/mol. The maximum Gasteiger partial charge on any atom is 0.266 e. The third-order valence-corrected chi connectivity index (χ3v) is 1.65. The summed E-state index contributed by atoms with van der Waals surface area (Å²) in [4.78, 5) is 10.8. The van der Waals surface area contributed by atoms with Crippen molar-refractivity contribution in [3.63, 3.8) is 0 Å². The number of nitrogens with one attached hydrogen (secondary N) is 3. The van der Waals surface area contributed by atoms with Crippen LogP contribution in [0.2, 0.25) is 0 Å². The molecule has 1 heterocycles. The maximum atomic E-state index is 10.8. The van der Waals surface area contributed by atoms with E-state index in [0.29, 0.717) is 5.82 Å². The lowest BCUT2D eigenvalue weighted by atomic mass is 10.3. The molecule has 1 aromatic carbocycles. The molecule has 4 nitrogen and oxygen atoms in total. The molecule has 0 aliphatic rings. The summed E-state index contributed by atoms with van der Waals surface area (Å²) in [5.74, 6) is 0.663. The van der Waals surface area contributed by atoms with Crippen molar-refractivity contribution < 1.29 is 0 Å². The summed E-state index contributed by atoms with van der Waals surface area (Å²) >= 11 is 0. The van der Waals surface area contributed by atoms with E-state index in [1.54, 1.807) is 0 Å². The van der Waals surface area contributed by atoms with Crippen molar-refractivity contribution in [1.29, 1.82) is 0 Å². The molecule has 13 heavy (non-hydrogen) atoms. The normalized spacial score (nSPS) is 9.85. The van der Waals surface area contributed by atoms with Crippen LogP contribution in [0.15, 0.2) is 41.2 Å². The van der Waals surface area contributed by atoms with Crippen LogP contribution in [0.1, 0.15) is 0 Å². The first kappa shape index (κ1) is 7.67. The Labute approximate surface area is 74.6 Å². The molecule has 1 aromatic heterocycles. The molecule has 4 heteroatoms. The van der Waals surface area contributed by atoms with Gasteiger partial charge in [-0.05, 0) is 12.1 Å². The van der Waals surface area contributed by atoms with Gasteiger partial charge in [0.1, 0.15) is 5.82 Å². The highest BCUT2D eigenvalue weighted by Crippen LogP contribution is 2.10. The standard InChI is InChI=1S/C9H9N3O/c13-9-6-8(11-12-9)10-7-4-2-1-3-5-7/h1-6H,(H3,10,11,12,13). The minimum atomic E-state index is -0.140. The first-order valence-corrected chi connectivity index (χ1v) is 3.94. The smallest absolute Gasteiger partial charge is 0.266 e. The molecule has 0 bridgehead atoms. The largest absolute Gasteiger partial charge is 0.341 e. The zero-order valence-corrected chi connectivity index (χ0v) is 6.87. The zero-order valence-electron chi connectivity index (χ0n) is 6.87. The number of aromatic amines is 2. The van der Waals surface area contributed by atoms with E-state index in [2.05, 4.69) is 15.5 Å². The summed E-state index contributed by atoms with van der Waals surface area (Å²) in [7, 11) is 0. The summed E-state index contributed by atoms with van der Waals surface area (Å²) in [5, 5.41) is 8.19. The molecule has 0 fully saturated rings. The Hall–Kier alpha value is -1.97. The fourth-order valence-electron chi connectivity index (χ4n) is 1.08. The van der Waals surface area contributed by atoms with Gasteiger partial charge >= 0.3 is 0 Å². The van der Waals surface area contributed by atoms with Crippen LogP contribution in [-0.2, 0) is 0 Å². The minimum Gasteiger partial charge on any atom is -0.341 e. The second-order valence-corrected chi connectivity index (χ2v) is 2.66. The van der Waals surface area contributed by atoms with Gasteiger partial charge < -0.3 is 5.32 Å². The molecule has 0 aliphatic carbocycles. The number of anilines is 2. The second kappa shape index (κ2) is 3.18. The number of benzene rings is 1. The fourth-order valence-corrected chi connectivity index (χ4v) is 1.08. The lowest BCUT2D eigenvalue weighted by Crippen LogP contribution is -1.93. The van der Waals surface area contributed by atoms with Gasteiger partial charge in [-0.2, -0.15) is 0 Å². The van der Waals surface area contributed by atoms with Crippen molar-refractivity contribution in [2.75, 3.05) is 5.32 Å². The van der Waals surface area contributed by atoms with Gasteiger partial charge in [-0.3, -0.25) is 15.0 Å². The Balaban J connectivity index is 2.20. The van der Waals surface area contributed by atoms with Crippen molar-refractivity contribution in [2.45, 2.75) is 0 Å². The Morgan fingerprint density at radius 1 is 1.08 bits per heavy atom. The average molecular weight is 175 g/mol. The van der Waals surface area contributed by atoms with E-state index >= 15 is 0 Å². The Morgan fingerprint density at radius 2 is 1.85 bits per heavy atom. The highest BCUT2D eigenvalue weighted by molar-refractivity contribution is 5.54. The predicted molar refractivity (Wildman–Crippen MR) is 51.1 cm³/mol. The average Bonchev–Trinajstić information content (AvgIpc) is 2.53.